The van der Waals surface area contributed by atoms with Crippen LogP contribution in [-0.4, -0.2) is 27.1 Å². The van der Waals surface area contributed by atoms with E-state index in [0.717, 1.165) is 35.1 Å². The van der Waals surface area contributed by atoms with Crippen LogP contribution in [0.1, 0.15) is 36.9 Å². The maximum atomic E-state index is 6.25. The normalized spacial score (nSPS) is 11.5. The molecule has 0 aliphatic rings. The Bertz CT molecular complexity index is 1190. The number of nitrogens with one attached hydrogen (secondary N) is 1. The summed E-state index contributed by atoms with van der Waals surface area (Å²) in [6, 6.07) is 22.3. The molecule has 33 heavy (non-hydrogen) atoms. The van der Waals surface area contributed by atoms with Gasteiger partial charge in [0.05, 0.1) is 6.54 Å². The second-order valence-electron chi connectivity index (χ2n) is 8.99. The highest BCUT2D eigenvalue weighted by Gasteiger charge is 2.20. The molecule has 170 valence electrons. The molecule has 2 aromatic carbocycles. The summed E-state index contributed by atoms with van der Waals surface area (Å²) in [4.78, 5) is 6.68. The van der Waals surface area contributed by atoms with Crippen LogP contribution in [0.3, 0.4) is 0 Å². The molecular weight excluding hydrogens is 430 g/mol. The molecule has 0 spiro atoms. The molecule has 0 aliphatic carbocycles. The van der Waals surface area contributed by atoms with E-state index in [0.29, 0.717) is 11.0 Å². The van der Waals surface area contributed by atoms with Gasteiger partial charge >= 0.3 is 0 Å². The van der Waals surface area contributed by atoms with Gasteiger partial charge in [0.2, 0.25) is 11.0 Å². The van der Waals surface area contributed by atoms with Crippen LogP contribution in [0.4, 0.5) is 10.8 Å². The highest BCUT2D eigenvalue weighted by Crippen LogP contribution is 2.36. The van der Waals surface area contributed by atoms with Gasteiger partial charge in [-0.3, -0.25) is 4.90 Å². The lowest BCUT2D eigenvalue weighted by Gasteiger charge is -2.22. The highest BCUT2D eigenvalue weighted by atomic mass is 32.1. The zero-order valence-electron chi connectivity index (χ0n) is 19.4. The maximum absolute atomic E-state index is 6.25. The van der Waals surface area contributed by atoms with Gasteiger partial charge < -0.3 is 10.1 Å². The van der Waals surface area contributed by atoms with Crippen LogP contribution in [0.15, 0.2) is 72.9 Å². The second-order valence-corrected chi connectivity index (χ2v) is 10.1. The molecule has 2 heterocycles. The van der Waals surface area contributed by atoms with E-state index in [1.54, 1.807) is 6.20 Å². The number of rotatable bonds is 8. The largest absolute Gasteiger partial charge is 0.437 e. The van der Waals surface area contributed by atoms with Gasteiger partial charge in [-0.1, -0.05) is 80.6 Å². The summed E-state index contributed by atoms with van der Waals surface area (Å²) < 4.78 is 6.25. The molecule has 0 saturated carbocycles. The number of anilines is 2. The molecule has 2 aromatic heterocycles. The van der Waals surface area contributed by atoms with Crippen LogP contribution in [0.25, 0.3) is 0 Å². The molecule has 0 atom stereocenters. The number of hydrogen-bond acceptors (Lipinski definition) is 7. The smallest absolute Gasteiger partial charge is 0.243 e. The lowest BCUT2D eigenvalue weighted by molar-refractivity contribution is 0.317. The molecule has 4 rings (SSSR count). The molecule has 0 saturated heterocycles. The summed E-state index contributed by atoms with van der Waals surface area (Å²) in [7, 11) is 2.08. The quantitative estimate of drug-likeness (QED) is 0.329. The number of aromatic nitrogens is 3. The van der Waals surface area contributed by atoms with E-state index in [9.17, 15) is 0 Å². The maximum Gasteiger partial charge on any atom is 0.243 e. The Kier molecular flexibility index (Phi) is 7.01. The van der Waals surface area contributed by atoms with Gasteiger partial charge in [0.25, 0.3) is 0 Å². The molecule has 1 N–H and O–H groups in total. The zero-order chi connectivity index (χ0) is 23.3. The van der Waals surface area contributed by atoms with E-state index in [-0.39, 0.29) is 5.41 Å². The van der Waals surface area contributed by atoms with Gasteiger partial charge in [0.15, 0.2) is 0 Å². The standard InChI is InChI=1S/C26H29N5OS/c1-26(2,3)20-13-8-9-15-22(20)32-24-21(14-10-16-27-24)28-25-30-29-23(33-25)18-31(4)17-19-11-6-5-7-12-19/h5-16H,17-18H2,1-4H3,(H,28,30). The topological polar surface area (TPSA) is 63.2 Å². The van der Waals surface area contributed by atoms with Crippen molar-refractivity contribution in [3.63, 3.8) is 0 Å². The van der Waals surface area contributed by atoms with Crippen LogP contribution >= 0.6 is 11.3 Å². The van der Waals surface area contributed by atoms with Gasteiger partial charge in [-0.25, -0.2) is 4.98 Å². The van der Waals surface area contributed by atoms with Gasteiger partial charge in [0, 0.05) is 18.3 Å². The van der Waals surface area contributed by atoms with E-state index >= 15 is 0 Å². The molecule has 4 aromatic rings. The fourth-order valence-corrected chi connectivity index (χ4v) is 4.34. The Hall–Kier alpha value is -3.29. The number of hydrogen-bond donors (Lipinski definition) is 1. The third-order valence-electron chi connectivity index (χ3n) is 5.08. The van der Waals surface area contributed by atoms with Gasteiger partial charge in [-0.15, -0.1) is 10.2 Å². The van der Waals surface area contributed by atoms with Crippen molar-refractivity contribution in [2.75, 3.05) is 12.4 Å². The summed E-state index contributed by atoms with van der Waals surface area (Å²) in [6.45, 7) is 8.10. The highest BCUT2D eigenvalue weighted by molar-refractivity contribution is 7.15. The average Bonchev–Trinajstić information content (AvgIpc) is 3.22. The molecular formula is C26H29N5OS. The van der Waals surface area contributed by atoms with Crippen LogP contribution in [0, 0.1) is 0 Å². The van der Waals surface area contributed by atoms with Crippen molar-refractivity contribution in [2.45, 2.75) is 39.3 Å². The molecule has 0 bridgehead atoms. The van der Waals surface area contributed by atoms with Crippen LogP contribution in [0.5, 0.6) is 11.6 Å². The van der Waals surface area contributed by atoms with Crippen molar-refractivity contribution >= 4 is 22.2 Å². The Balaban J connectivity index is 1.46. The van der Waals surface area contributed by atoms with Gasteiger partial charge in [-0.05, 0) is 36.2 Å². The number of pyridine rings is 1. The monoisotopic (exact) mass is 459 g/mol. The predicted octanol–water partition coefficient (Wildman–Crippen LogP) is 6.40. The molecule has 0 unspecified atom stereocenters. The van der Waals surface area contributed by atoms with E-state index < -0.39 is 0 Å². The summed E-state index contributed by atoms with van der Waals surface area (Å²) in [6.07, 6.45) is 1.73. The second kappa shape index (κ2) is 10.1. The first-order valence-corrected chi connectivity index (χ1v) is 11.7. The lowest BCUT2D eigenvalue weighted by atomic mass is 9.86. The van der Waals surface area contributed by atoms with E-state index in [1.165, 1.54) is 16.9 Å². The zero-order valence-corrected chi connectivity index (χ0v) is 20.3. The van der Waals surface area contributed by atoms with E-state index in [1.807, 2.05) is 36.4 Å². The van der Waals surface area contributed by atoms with Crippen LogP contribution < -0.4 is 10.1 Å². The third kappa shape index (κ3) is 6.15. The number of benzene rings is 2. The summed E-state index contributed by atoms with van der Waals surface area (Å²) in [5.74, 6) is 1.30. The summed E-state index contributed by atoms with van der Waals surface area (Å²) >= 11 is 1.53. The molecule has 0 fully saturated rings. The Labute approximate surface area is 199 Å². The SMILES string of the molecule is CN(Cc1ccccc1)Cc1nnc(Nc2cccnc2Oc2ccccc2C(C)(C)C)s1. The Morgan fingerprint density at radius 1 is 0.909 bits per heavy atom. The van der Waals surface area contributed by atoms with Gasteiger partial charge in [0.1, 0.15) is 16.4 Å². The first-order valence-electron chi connectivity index (χ1n) is 10.9. The minimum absolute atomic E-state index is 0.0428. The minimum Gasteiger partial charge on any atom is -0.437 e. The predicted molar refractivity (Wildman–Crippen MR) is 134 cm³/mol. The summed E-state index contributed by atoms with van der Waals surface area (Å²) in [5.41, 5.74) is 3.11. The first-order chi connectivity index (χ1) is 15.9. The van der Waals surface area contributed by atoms with E-state index in [4.69, 9.17) is 4.74 Å². The van der Waals surface area contributed by atoms with Crippen molar-refractivity contribution in [1.82, 2.24) is 20.1 Å². The van der Waals surface area contributed by atoms with Crippen molar-refractivity contribution in [2.24, 2.45) is 0 Å². The van der Waals surface area contributed by atoms with Crippen molar-refractivity contribution in [1.29, 1.82) is 0 Å². The summed E-state index contributed by atoms with van der Waals surface area (Å²) in [5, 5.41) is 13.7. The van der Waals surface area contributed by atoms with E-state index in [2.05, 4.69) is 83.5 Å². The van der Waals surface area contributed by atoms with Crippen molar-refractivity contribution < 1.29 is 4.74 Å². The molecule has 0 radical (unpaired) electrons. The number of ether oxygens (including phenoxy) is 1. The molecule has 0 amide bonds. The van der Waals surface area contributed by atoms with Crippen molar-refractivity contribution in [3.8, 4) is 11.6 Å². The fraction of sp³-hybridized carbons (Fsp3) is 0.269. The van der Waals surface area contributed by atoms with Crippen LogP contribution in [-0.2, 0) is 18.5 Å². The minimum atomic E-state index is -0.0428. The third-order valence-corrected chi connectivity index (χ3v) is 5.91. The number of para-hydroxylation sites is 1. The average molecular weight is 460 g/mol. The van der Waals surface area contributed by atoms with Crippen molar-refractivity contribution in [3.05, 3.63) is 89.1 Å². The molecule has 7 heteroatoms. The Morgan fingerprint density at radius 2 is 1.67 bits per heavy atom. The number of nitrogens with zero attached hydrogens (tertiary/aromatic N) is 4. The van der Waals surface area contributed by atoms with Crippen LogP contribution in [0.2, 0.25) is 0 Å². The molecule has 0 aliphatic heterocycles. The first kappa shape index (κ1) is 22.9. The molecule has 6 nitrogen and oxygen atoms in total. The fourth-order valence-electron chi connectivity index (χ4n) is 3.51. The Morgan fingerprint density at radius 3 is 2.45 bits per heavy atom. The lowest BCUT2D eigenvalue weighted by Crippen LogP contribution is -2.16. The van der Waals surface area contributed by atoms with Gasteiger partial charge in [-0.2, -0.15) is 0 Å².